The van der Waals surface area contributed by atoms with Gasteiger partial charge in [0, 0.05) is 30.6 Å². The van der Waals surface area contributed by atoms with Crippen LogP contribution in [-0.4, -0.2) is 30.6 Å². The van der Waals surface area contributed by atoms with Crippen LogP contribution in [0.2, 0.25) is 0 Å². The molecule has 2 aromatic rings. The van der Waals surface area contributed by atoms with Crippen LogP contribution >= 0.6 is 11.3 Å². The first-order valence-electron chi connectivity index (χ1n) is 9.22. The maximum absolute atomic E-state index is 5.72. The van der Waals surface area contributed by atoms with Crippen molar-refractivity contribution >= 4 is 17.3 Å². The van der Waals surface area contributed by atoms with Crippen LogP contribution in [0.4, 0.5) is 0 Å². The Bertz CT molecular complexity index is 679. The zero-order valence-corrected chi connectivity index (χ0v) is 17.0. The number of guanidine groups is 1. The molecule has 1 aromatic heterocycles. The van der Waals surface area contributed by atoms with Crippen molar-refractivity contribution in [2.24, 2.45) is 10.9 Å². The molecule has 2 N–H and O–H groups in total. The van der Waals surface area contributed by atoms with Gasteiger partial charge in [-0.05, 0) is 37.5 Å². The molecule has 0 saturated heterocycles. The van der Waals surface area contributed by atoms with Gasteiger partial charge in [0.05, 0.1) is 18.2 Å². The maximum Gasteiger partial charge on any atom is 0.191 e. The summed E-state index contributed by atoms with van der Waals surface area (Å²) in [5.41, 5.74) is 1.16. The van der Waals surface area contributed by atoms with E-state index in [9.17, 15) is 0 Å². The van der Waals surface area contributed by atoms with E-state index in [2.05, 4.69) is 60.4 Å². The third-order valence-electron chi connectivity index (χ3n) is 3.57. The van der Waals surface area contributed by atoms with Gasteiger partial charge in [0.25, 0.3) is 0 Å². The predicted octanol–water partition coefficient (Wildman–Crippen LogP) is 3.78. The number of aryl methyl sites for hydroxylation is 1. The Labute approximate surface area is 160 Å². The molecule has 0 amide bonds. The summed E-state index contributed by atoms with van der Waals surface area (Å²) in [6, 6.07) is 8.17. The van der Waals surface area contributed by atoms with E-state index in [-0.39, 0.29) is 0 Å². The number of ether oxygens (including phenoxy) is 1. The molecule has 26 heavy (non-hydrogen) atoms. The van der Waals surface area contributed by atoms with E-state index >= 15 is 0 Å². The van der Waals surface area contributed by atoms with Crippen molar-refractivity contribution in [3.05, 3.63) is 45.9 Å². The Kier molecular flexibility index (Phi) is 8.41. The second-order valence-corrected chi connectivity index (χ2v) is 7.90. The van der Waals surface area contributed by atoms with Gasteiger partial charge in [-0.2, -0.15) is 0 Å². The Morgan fingerprint density at radius 3 is 2.62 bits per heavy atom. The Morgan fingerprint density at radius 2 is 2.00 bits per heavy atom. The molecule has 0 aliphatic carbocycles. The molecule has 0 spiro atoms. The molecule has 2 rings (SSSR count). The van der Waals surface area contributed by atoms with Gasteiger partial charge in [0.1, 0.15) is 5.75 Å². The Balaban J connectivity index is 1.83. The predicted molar refractivity (Wildman–Crippen MR) is 110 cm³/mol. The summed E-state index contributed by atoms with van der Waals surface area (Å²) in [5, 5.41) is 7.81. The number of nitrogens with zero attached hydrogens (tertiary/aromatic N) is 2. The number of aliphatic imine (C=N–C) groups is 1. The molecule has 0 unspecified atom stereocenters. The first kappa shape index (κ1) is 20.2. The van der Waals surface area contributed by atoms with Crippen LogP contribution in [-0.2, 0) is 13.0 Å². The van der Waals surface area contributed by atoms with Gasteiger partial charge < -0.3 is 15.4 Å². The summed E-state index contributed by atoms with van der Waals surface area (Å²) in [6.07, 6.45) is 2.83. The molecule has 0 fully saturated rings. The fourth-order valence-electron chi connectivity index (χ4n) is 2.27. The molecule has 1 aromatic carbocycles. The molecule has 1 heterocycles. The highest BCUT2D eigenvalue weighted by Crippen LogP contribution is 2.14. The first-order valence-corrected chi connectivity index (χ1v) is 10.0. The number of rotatable bonds is 9. The van der Waals surface area contributed by atoms with E-state index in [0.29, 0.717) is 12.5 Å². The highest BCUT2D eigenvalue weighted by Gasteiger charge is 2.02. The number of aromatic nitrogens is 1. The highest BCUT2D eigenvalue weighted by atomic mass is 32.1. The molecular weight excluding hydrogens is 344 g/mol. The number of nitrogens with one attached hydrogen (secondary N) is 2. The number of hydrogen-bond donors (Lipinski definition) is 2. The average molecular weight is 375 g/mol. The summed E-state index contributed by atoms with van der Waals surface area (Å²) >= 11 is 1.75. The molecule has 0 aliphatic rings. The number of hydrogen-bond acceptors (Lipinski definition) is 4. The summed E-state index contributed by atoms with van der Waals surface area (Å²) in [6.45, 7) is 11.5. The molecule has 142 valence electrons. The van der Waals surface area contributed by atoms with Crippen LogP contribution in [0.25, 0.3) is 0 Å². The van der Waals surface area contributed by atoms with E-state index in [4.69, 9.17) is 4.74 Å². The number of benzene rings is 1. The lowest BCUT2D eigenvalue weighted by atomic mass is 10.2. The molecule has 0 saturated carbocycles. The van der Waals surface area contributed by atoms with Crippen LogP contribution in [0.5, 0.6) is 5.75 Å². The average Bonchev–Trinajstić information content (AvgIpc) is 3.04. The van der Waals surface area contributed by atoms with Gasteiger partial charge in [-0.3, -0.25) is 0 Å². The van der Waals surface area contributed by atoms with E-state index in [1.807, 2.05) is 18.3 Å². The number of thiazole rings is 1. The normalized spacial score (nSPS) is 11.7. The Hall–Kier alpha value is -2.08. The fraction of sp³-hybridized carbons (Fsp3) is 0.500. The first-order chi connectivity index (χ1) is 12.6. The third kappa shape index (κ3) is 7.44. The molecule has 6 heteroatoms. The largest absolute Gasteiger partial charge is 0.493 e. The van der Waals surface area contributed by atoms with E-state index in [1.165, 1.54) is 4.88 Å². The van der Waals surface area contributed by atoms with Crippen molar-refractivity contribution in [3.63, 3.8) is 0 Å². The van der Waals surface area contributed by atoms with Crippen molar-refractivity contribution in [3.8, 4) is 5.75 Å². The fourth-order valence-corrected chi connectivity index (χ4v) is 3.06. The van der Waals surface area contributed by atoms with Crippen LogP contribution < -0.4 is 15.4 Å². The quantitative estimate of drug-likeness (QED) is 0.518. The summed E-state index contributed by atoms with van der Waals surface area (Å²) in [7, 11) is 0. The standard InChI is InChI=1S/C20H30N4OS/c1-5-21-20(22-11-10-19-23-12-16(4)26-19)24-13-17-6-8-18(9-7-17)25-14-15(2)3/h6-9,12,15H,5,10-11,13-14H2,1-4H3,(H2,21,22,24). The van der Waals surface area contributed by atoms with E-state index < -0.39 is 0 Å². The molecule has 0 atom stereocenters. The molecule has 0 aliphatic heterocycles. The van der Waals surface area contributed by atoms with Crippen molar-refractivity contribution in [2.75, 3.05) is 19.7 Å². The van der Waals surface area contributed by atoms with Crippen LogP contribution in [0.15, 0.2) is 35.5 Å². The minimum absolute atomic E-state index is 0.529. The Morgan fingerprint density at radius 1 is 1.23 bits per heavy atom. The molecule has 0 radical (unpaired) electrons. The lowest BCUT2D eigenvalue weighted by Gasteiger charge is -2.11. The van der Waals surface area contributed by atoms with E-state index in [1.54, 1.807) is 11.3 Å². The van der Waals surface area contributed by atoms with Gasteiger partial charge in [0.15, 0.2) is 5.96 Å². The lowest BCUT2D eigenvalue weighted by Crippen LogP contribution is -2.38. The second kappa shape index (κ2) is 10.8. The monoisotopic (exact) mass is 374 g/mol. The summed E-state index contributed by atoms with van der Waals surface area (Å²) < 4.78 is 5.72. The van der Waals surface area contributed by atoms with Crippen LogP contribution in [0, 0.1) is 12.8 Å². The van der Waals surface area contributed by atoms with Gasteiger partial charge in [-0.25, -0.2) is 9.98 Å². The maximum atomic E-state index is 5.72. The van der Waals surface area contributed by atoms with Crippen molar-refractivity contribution in [2.45, 2.75) is 40.7 Å². The van der Waals surface area contributed by atoms with Crippen LogP contribution in [0.3, 0.4) is 0 Å². The van der Waals surface area contributed by atoms with E-state index in [0.717, 1.165) is 48.4 Å². The second-order valence-electron chi connectivity index (χ2n) is 6.59. The van der Waals surface area contributed by atoms with Gasteiger partial charge in [-0.15, -0.1) is 11.3 Å². The third-order valence-corrected chi connectivity index (χ3v) is 4.54. The zero-order valence-electron chi connectivity index (χ0n) is 16.2. The van der Waals surface area contributed by atoms with Crippen molar-refractivity contribution < 1.29 is 4.74 Å². The lowest BCUT2D eigenvalue weighted by molar-refractivity contribution is 0.271. The van der Waals surface area contributed by atoms with Crippen molar-refractivity contribution in [1.82, 2.24) is 15.6 Å². The smallest absolute Gasteiger partial charge is 0.191 e. The van der Waals surface area contributed by atoms with Gasteiger partial charge in [0.2, 0.25) is 0 Å². The van der Waals surface area contributed by atoms with Crippen LogP contribution in [0.1, 0.15) is 36.2 Å². The van der Waals surface area contributed by atoms with Crippen molar-refractivity contribution in [1.29, 1.82) is 0 Å². The SMILES string of the molecule is CCNC(=NCc1ccc(OCC(C)C)cc1)NCCc1ncc(C)s1. The molecular formula is C20H30N4OS. The van der Waals surface area contributed by atoms with Gasteiger partial charge >= 0.3 is 0 Å². The molecule has 5 nitrogen and oxygen atoms in total. The minimum Gasteiger partial charge on any atom is -0.493 e. The summed E-state index contributed by atoms with van der Waals surface area (Å²) in [5.74, 6) is 2.28. The topological polar surface area (TPSA) is 58.5 Å². The van der Waals surface area contributed by atoms with Gasteiger partial charge in [-0.1, -0.05) is 26.0 Å². The molecule has 0 bridgehead atoms. The summed E-state index contributed by atoms with van der Waals surface area (Å²) in [4.78, 5) is 10.3. The highest BCUT2D eigenvalue weighted by molar-refractivity contribution is 7.11. The minimum atomic E-state index is 0.529. The zero-order chi connectivity index (χ0) is 18.8.